The zero-order valence-corrected chi connectivity index (χ0v) is 41.5. The predicted octanol–water partition coefficient (Wildman–Crippen LogP) is -3.48. The monoisotopic (exact) mass is 1120 g/mol. The van der Waals surface area contributed by atoms with Gasteiger partial charge in [0.25, 0.3) is 16.7 Å². The van der Waals surface area contributed by atoms with Crippen LogP contribution in [0.1, 0.15) is 18.7 Å². The Bertz CT molecular complexity index is 3410. The molecule has 0 aromatic carbocycles. The van der Waals surface area contributed by atoms with Gasteiger partial charge in [-0.25, -0.2) is 38.2 Å². The Balaban J connectivity index is 0.857. The van der Waals surface area contributed by atoms with Gasteiger partial charge >= 0.3 is 29.0 Å². The summed E-state index contributed by atoms with van der Waals surface area (Å²) in [6, 6.07) is 0. The van der Waals surface area contributed by atoms with Gasteiger partial charge in [0.2, 0.25) is 30.7 Å². The number of nitrogen functional groups attached to an aromatic ring is 3. The average molecular weight is 1120 g/mol. The van der Waals surface area contributed by atoms with Gasteiger partial charge in [-0.2, -0.15) is 23.2 Å². The number of nitrogens with two attached hydrogens (primary N) is 3. The van der Waals surface area contributed by atoms with Crippen molar-refractivity contribution >= 4 is 74.7 Å². The molecule has 408 valence electrons. The van der Waals surface area contributed by atoms with Crippen LogP contribution < -0.4 is 32.9 Å². The molecular weight excluding hydrogens is 1080 g/mol. The summed E-state index contributed by atoms with van der Waals surface area (Å²) >= 11 is 0. The first-order valence-electron chi connectivity index (χ1n) is 21.6. The lowest BCUT2D eigenvalue weighted by Crippen LogP contribution is -2.38. The van der Waals surface area contributed by atoms with Gasteiger partial charge in [-0.1, -0.05) is 0 Å². The minimum atomic E-state index is -6.08. The van der Waals surface area contributed by atoms with Crippen molar-refractivity contribution in [2.75, 3.05) is 58.0 Å². The number of fused-ring (bicyclic) bond motifs is 3. The second kappa shape index (κ2) is 20.9. The third-order valence-corrected chi connectivity index (χ3v) is 16.1. The number of hydrogen-bond acceptors (Lipinski definition) is 28. The molecule has 6 aromatic rings. The molecule has 9 rings (SSSR count). The van der Waals surface area contributed by atoms with E-state index in [0.29, 0.717) is 0 Å². The molecule has 0 bridgehead atoms. The molecule has 9 heterocycles. The molecule has 4 unspecified atom stereocenters. The van der Waals surface area contributed by atoms with Gasteiger partial charge < -0.3 is 80.4 Å². The summed E-state index contributed by atoms with van der Waals surface area (Å²) < 4.78 is 103. The van der Waals surface area contributed by atoms with Crippen molar-refractivity contribution in [1.29, 1.82) is 0 Å². The number of aromatic nitrogens is 12. The lowest BCUT2D eigenvalue weighted by atomic mass is 9.99. The fourth-order valence-electron chi connectivity index (χ4n) is 8.56. The van der Waals surface area contributed by atoms with Crippen molar-refractivity contribution in [3.8, 4) is 0 Å². The number of hydrogen-bond donors (Lipinski definition) is 11. The normalized spacial score (nSPS) is 29.0. The first kappa shape index (κ1) is 53.9. The largest absolute Gasteiger partial charge is 0.490 e. The summed E-state index contributed by atoms with van der Waals surface area (Å²) in [6.07, 6.45) is -8.18. The molecule has 0 saturated carbocycles. The summed E-state index contributed by atoms with van der Waals surface area (Å²) in [5, 5.41) is 32.9. The number of methoxy groups -OCH3 is 2. The molecule has 0 amide bonds. The fourth-order valence-corrected chi connectivity index (χ4v) is 12.1. The van der Waals surface area contributed by atoms with Crippen LogP contribution in [0.4, 0.5) is 17.7 Å². The molecule has 37 nitrogen and oxygen atoms in total. The van der Waals surface area contributed by atoms with Crippen LogP contribution in [0.2, 0.25) is 0 Å². The minimum absolute atomic E-state index is 0.0000343. The number of aliphatic hydroxyl groups is 3. The summed E-state index contributed by atoms with van der Waals surface area (Å²) in [5.41, 5.74) is 16.3. The van der Waals surface area contributed by atoms with Crippen molar-refractivity contribution in [2.45, 2.75) is 61.4 Å². The second-order valence-corrected chi connectivity index (χ2v) is 21.2. The molecule has 3 fully saturated rings. The van der Waals surface area contributed by atoms with Gasteiger partial charge in [0, 0.05) is 20.1 Å². The highest BCUT2D eigenvalue weighted by Gasteiger charge is 2.52. The van der Waals surface area contributed by atoms with E-state index in [4.69, 9.17) is 59.4 Å². The zero-order valence-electron chi connectivity index (χ0n) is 38.8. The van der Waals surface area contributed by atoms with Crippen LogP contribution in [0.3, 0.4) is 0 Å². The molecule has 0 radical (unpaired) electrons. The lowest BCUT2D eigenvalue weighted by molar-refractivity contribution is -0.646. The van der Waals surface area contributed by atoms with Crippen molar-refractivity contribution in [3.63, 3.8) is 0 Å². The van der Waals surface area contributed by atoms with Crippen molar-refractivity contribution in [3.05, 3.63) is 58.0 Å². The van der Waals surface area contributed by atoms with Crippen LogP contribution in [0, 0.1) is 5.92 Å². The van der Waals surface area contributed by atoms with E-state index < -0.39 is 122 Å². The number of phosphoric ester groups is 2. The van der Waals surface area contributed by atoms with E-state index in [1.165, 1.54) is 47.6 Å². The third-order valence-electron chi connectivity index (χ3n) is 11.8. The van der Waals surface area contributed by atoms with Crippen LogP contribution in [0.5, 0.6) is 0 Å². The molecule has 6 aromatic heterocycles. The Morgan fingerprint density at radius 2 is 1.37 bits per heavy atom. The highest BCUT2D eigenvalue weighted by atomic mass is 31.3. The van der Waals surface area contributed by atoms with E-state index in [2.05, 4.69) is 48.5 Å². The molecular formula is C35H47N15O22P3+. The van der Waals surface area contributed by atoms with Crippen molar-refractivity contribution in [1.82, 2.24) is 53.6 Å². The Kier molecular flexibility index (Phi) is 15.0. The molecule has 0 aliphatic carbocycles. The number of anilines is 3. The maximum absolute atomic E-state index is 13.2. The number of aromatic amines is 2. The fraction of sp³-hybridized carbons (Fsp3) is 0.514. The van der Waals surface area contributed by atoms with Gasteiger partial charge in [-0.15, -0.1) is 0 Å². The Labute approximate surface area is 417 Å². The molecule has 14 N–H and O–H groups in total. The maximum atomic E-state index is 13.2. The van der Waals surface area contributed by atoms with Gasteiger partial charge in [0.15, 0.2) is 41.4 Å². The van der Waals surface area contributed by atoms with Crippen LogP contribution in [0.15, 0.2) is 46.9 Å². The van der Waals surface area contributed by atoms with E-state index in [9.17, 15) is 53.3 Å². The smallest absolute Gasteiger partial charge is 0.472 e. The van der Waals surface area contributed by atoms with Crippen molar-refractivity contribution in [2.24, 2.45) is 13.0 Å². The third kappa shape index (κ3) is 10.8. The first-order chi connectivity index (χ1) is 35.5. The van der Waals surface area contributed by atoms with E-state index >= 15 is 0 Å². The Morgan fingerprint density at radius 1 is 0.747 bits per heavy atom. The summed E-state index contributed by atoms with van der Waals surface area (Å²) in [6.45, 7) is -2.88. The maximum Gasteiger partial charge on any atom is 0.490 e. The number of aryl methyl sites for hydroxylation is 1. The number of imidazole rings is 3. The van der Waals surface area contributed by atoms with E-state index in [0.717, 1.165) is 23.5 Å². The number of phosphoric acid groups is 3. The van der Waals surface area contributed by atoms with Gasteiger partial charge in [0.1, 0.15) is 61.1 Å². The number of nitrogens with one attached hydrogen (secondary N) is 2. The van der Waals surface area contributed by atoms with E-state index in [1.807, 2.05) is 0 Å². The number of aliphatic hydroxyl groups excluding tert-OH is 3. The topological polar surface area (TPSA) is 514 Å². The average Bonchev–Trinajstić information content (AvgIpc) is 4.18. The van der Waals surface area contributed by atoms with Gasteiger partial charge in [-0.05, 0) is 0 Å². The standard InChI is InChI=1S/C35H46N15O22P3/c1-47-11-50(28-19(47)30(55)46-35(38)44-28)31-20(51)13(4-62-2)14(68-31)6-66-73(56,57)71-75(60,61)72-74(58,59)67-7-16-23(24(63-3)33(70-16)48-9-41-17-25(36)39-8-40-26(17)48)65-12-64-5-15-21(52)22(53)32(69-15)49-10-42-18-27(49)43-34(37)45-29(18)54/h5,8-11,13-14,16,20-24,31-33,51-53H,4,6-7,12H2,1-3H3,(H10-,36,37,38,39,40,43,44,45,46,54,55,56,57,58,59,60,61)/p+1/b15-5-/t13-,14-,16-,20-,21-,22-,23-,24-,31?,32-,33-/m1/s1. The van der Waals surface area contributed by atoms with Crippen LogP contribution in [-0.2, 0) is 71.6 Å². The molecule has 3 saturated heterocycles. The predicted molar refractivity (Wildman–Crippen MR) is 243 cm³/mol. The quantitative estimate of drug-likeness (QED) is 0.0116. The lowest BCUT2D eigenvalue weighted by Gasteiger charge is -2.24. The van der Waals surface area contributed by atoms with Gasteiger partial charge in [-0.3, -0.25) is 37.7 Å². The van der Waals surface area contributed by atoms with Crippen molar-refractivity contribution < 1.29 is 99.1 Å². The Hall–Kier alpha value is -5.92. The molecule has 0 spiro atoms. The van der Waals surface area contributed by atoms with Crippen LogP contribution in [0.25, 0.3) is 33.5 Å². The van der Waals surface area contributed by atoms with E-state index in [1.54, 1.807) is 0 Å². The number of H-pyrrole nitrogens is 2. The summed E-state index contributed by atoms with van der Waals surface area (Å²) in [5.74, 6) is -1.82. The summed E-state index contributed by atoms with van der Waals surface area (Å²) in [7, 11) is -13.5. The highest BCUT2D eigenvalue weighted by molar-refractivity contribution is 7.66. The van der Waals surface area contributed by atoms with Crippen LogP contribution in [-0.4, -0.2) is 167 Å². The first-order valence-corrected chi connectivity index (χ1v) is 26.1. The van der Waals surface area contributed by atoms with Gasteiger partial charge in [0.05, 0.1) is 39.3 Å². The molecule has 75 heavy (non-hydrogen) atoms. The summed E-state index contributed by atoms with van der Waals surface area (Å²) in [4.78, 5) is 85.6. The number of ether oxygens (including phenoxy) is 7. The van der Waals surface area contributed by atoms with E-state index in [-0.39, 0.29) is 63.6 Å². The second-order valence-electron chi connectivity index (χ2n) is 16.6. The highest BCUT2D eigenvalue weighted by Crippen LogP contribution is 2.68. The molecule has 40 heteroatoms. The molecule has 3 aliphatic heterocycles. The number of rotatable bonds is 20. The molecule has 14 atom stereocenters. The SMILES string of the molecule is COC[C@@H]1[C@@H](COP(=O)(O)OP(=O)(O)OP(=O)(O)OC[C@H]2O[C@@H](n3cnc4c(N)ncnc43)[C@H](OC)[C@@H]2OCO/C=C2\O[C@@H](n3cnc4c(=O)[nH]c(N)nc43)[C@H](O)[C@@H]2O)OC(n2c[n+](C)c3c(=O)[nH]c(N)nc32)[C@@H]1O. The zero-order chi connectivity index (χ0) is 53.9. The molecule has 3 aliphatic rings. The Morgan fingerprint density at radius 3 is 2.05 bits per heavy atom. The van der Waals surface area contributed by atoms with Crippen LogP contribution >= 0.6 is 23.5 Å². The minimum Gasteiger partial charge on any atom is -0.472 e. The number of nitrogens with zero attached hydrogens (tertiary/aromatic N) is 10.